The van der Waals surface area contributed by atoms with Gasteiger partial charge in [0.1, 0.15) is 26.1 Å². The lowest BCUT2D eigenvalue weighted by Crippen LogP contribution is -2.19. The number of anilines is 2. The second-order valence-corrected chi connectivity index (χ2v) is 9.40. The highest BCUT2D eigenvalue weighted by atomic mass is 35.5. The van der Waals surface area contributed by atoms with Gasteiger partial charge in [0, 0.05) is 6.07 Å². The monoisotopic (exact) mass is 531 g/mol. The molecule has 0 aliphatic rings. The summed E-state index contributed by atoms with van der Waals surface area (Å²) in [7, 11) is -0.555. The number of nitrogens with one attached hydrogen (secondary N) is 2. The average molecular weight is 532 g/mol. The number of halogens is 1. The molecule has 0 atom stereocenters. The van der Waals surface area contributed by atoms with E-state index in [1.165, 1.54) is 45.8 Å². The molecule has 1 aromatic carbocycles. The first-order valence-corrected chi connectivity index (χ1v) is 11.9. The summed E-state index contributed by atoms with van der Waals surface area (Å²) in [5.74, 6) is -2.88. The molecule has 1 amide bonds. The molecule has 0 fully saturated rings. The highest BCUT2D eigenvalue weighted by molar-refractivity contribution is 7.93. The summed E-state index contributed by atoms with van der Waals surface area (Å²) in [6.07, 6.45) is 0. The molecule has 0 unspecified atom stereocenters. The van der Waals surface area contributed by atoms with Gasteiger partial charge in [0.15, 0.2) is 17.2 Å². The zero-order chi connectivity index (χ0) is 25.2. The number of amides is 1. The van der Waals surface area contributed by atoms with Crippen LogP contribution in [0.15, 0.2) is 26.9 Å². The van der Waals surface area contributed by atoms with Gasteiger partial charge in [0.2, 0.25) is 0 Å². The number of methoxy groups -OCH3 is 3. The third-order valence-electron chi connectivity index (χ3n) is 4.43. The number of carboxylic acid groups (broad SMARTS) is 1. The quantitative estimate of drug-likeness (QED) is 0.372. The molecule has 12 nitrogen and oxygen atoms in total. The van der Waals surface area contributed by atoms with Crippen LogP contribution in [0.2, 0.25) is 5.02 Å². The molecule has 2 heterocycles. The fraction of sp³-hybridized carbons (Fsp3) is 0.211. The van der Waals surface area contributed by atoms with Crippen LogP contribution in [0.25, 0.3) is 0 Å². The van der Waals surface area contributed by atoms with Gasteiger partial charge in [-0.05, 0) is 18.4 Å². The van der Waals surface area contributed by atoms with Crippen LogP contribution >= 0.6 is 22.9 Å². The smallest absolute Gasteiger partial charge is 0.343 e. The Hall–Kier alpha value is -3.49. The van der Waals surface area contributed by atoms with E-state index in [1.54, 1.807) is 0 Å². The van der Waals surface area contributed by atoms with E-state index in [1.807, 2.05) is 0 Å². The molecule has 3 N–H and O–H groups in total. The van der Waals surface area contributed by atoms with Crippen molar-refractivity contribution in [1.29, 1.82) is 0 Å². The lowest BCUT2D eigenvalue weighted by Gasteiger charge is -2.18. The summed E-state index contributed by atoms with van der Waals surface area (Å²) in [6, 6.07) is 2.51. The first kappa shape index (κ1) is 25.1. The predicted molar refractivity (Wildman–Crippen MR) is 122 cm³/mol. The van der Waals surface area contributed by atoms with Crippen molar-refractivity contribution in [1.82, 2.24) is 5.16 Å². The molecule has 2 aromatic heterocycles. The van der Waals surface area contributed by atoms with Crippen molar-refractivity contribution in [2.45, 2.75) is 11.8 Å². The van der Waals surface area contributed by atoms with Crippen LogP contribution in [-0.4, -0.2) is 51.9 Å². The standard InChI is InChI=1S/C19H18ClN3O9S2/c1-8-13(20)18(32-22-8)23-34(27,28)11-5-6-33-16(11)17(24)21-9-7-10(29-2)15(31-4)12(19(25)26)14(9)30-3/h5-7,23H,1-4H3,(H,21,24)(H,25,26). The maximum absolute atomic E-state index is 13.0. The van der Waals surface area contributed by atoms with Crippen LogP contribution in [-0.2, 0) is 10.0 Å². The van der Waals surface area contributed by atoms with Crippen molar-refractivity contribution in [3.05, 3.63) is 38.7 Å². The van der Waals surface area contributed by atoms with Gasteiger partial charge in [-0.25, -0.2) is 17.9 Å². The van der Waals surface area contributed by atoms with Gasteiger partial charge in [0.25, 0.3) is 21.8 Å². The molecule has 0 spiro atoms. The van der Waals surface area contributed by atoms with Gasteiger partial charge in [0.05, 0.1) is 27.0 Å². The van der Waals surface area contributed by atoms with Crippen LogP contribution in [0.1, 0.15) is 25.7 Å². The number of thiophene rings is 1. The van der Waals surface area contributed by atoms with Crippen LogP contribution in [0, 0.1) is 6.92 Å². The molecule has 34 heavy (non-hydrogen) atoms. The molecular formula is C19H18ClN3O9S2. The SMILES string of the molecule is COc1cc(NC(=O)c2sccc2S(=O)(=O)Nc2onc(C)c2Cl)c(OC)c(C(=O)O)c1OC. The summed E-state index contributed by atoms with van der Waals surface area (Å²) in [5, 5.41) is 17.1. The summed E-state index contributed by atoms with van der Waals surface area (Å²) < 4.78 is 48.3. The Morgan fingerprint density at radius 2 is 1.85 bits per heavy atom. The van der Waals surface area contributed by atoms with E-state index in [2.05, 4.69) is 15.2 Å². The number of rotatable bonds is 9. The van der Waals surface area contributed by atoms with Crippen molar-refractivity contribution in [3.8, 4) is 17.2 Å². The van der Waals surface area contributed by atoms with Gasteiger partial charge in [-0.1, -0.05) is 16.8 Å². The summed E-state index contributed by atoms with van der Waals surface area (Å²) in [5.41, 5.74) is -0.200. The van der Waals surface area contributed by atoms with Gasteiger partial charge in [-0.2, -0.15) is 0 Å². The van der Waals surface area contributed by atoms with Gasteiger partial charge < -0.3 is 29.2 Å². The van der Waals surface area contributed by atoms with E-state index in [-0.39, 0.29) is 49.3 Å². The third kappa shape index (κ3) is 4.60. The Balaban J connectivity index is 2.01. The molecule has 0 aliphatic carbocycles. The van der Waals surface area contributed by atoms with E-state index < -0.39 is 27.5 Å². The van der Waals surface area contributed by atoms with Crippen LogP contribution < -0.4 is 24.2 Å². The molecule has 182 valence electrons. The lowest BCUT2D eigenvalue weighted by molar-refractivity contribution is 0.0688. The number of sulfonamides is 1. The van der Waals surface area contributed by atoms with Gasteiger partial charge in [-0.15, -0.1) is 11.3 Å². The van der Waals surface area contributed by atoms with Crippen LogP contribution in [0.5, 0.6) is 17.2 Å². The zero-order valence-corrected chi connectivity index (χ0v) is 20.5. The topological polar surface area (TPSA) is 166 Å². The lowest BCUT2D eigenvalue weighted by atomic mass is 10.1. The third-order valence-corrected chi connectivity index (χ3v) is 7.29. The Labute approximate surface area is 202 Å². The summed E-state index contributed by atoms with van der Waals surface area (Å²) >= 11 is 6.81. The van der Waals surface area contributed by atoms with Crippen LogP contribution in [0.4, 0.5) is 11.6 Å². The van der Waals surface area contributed by atoms with E-state index in [9.17, 15) is 23.1 Å². The van der Waals surface area contributed by atoms with Crippen molar-refractivity contribution < 1.29 is 41.8 Å². The number of aryl methyl sites for hydroxylation is 1. The molecule has 0 radical (unpaired) electrons. The van der Waals surface area contributed by atoms with Crippen molar-refractivity contribution in [2.24, 2.45) is 0 Å². The first-order valence-electron chi connectivity index (χ1n) is 9.15. The molecule has 15 heteroatoms. The number of benzene rings is 1. The van der Waals surface area contributed by atoms with Crippen molar-refractivity contribution in [2.75, 3.05) is 31.4 Å². The molecule has 3 aromatic rings. The Morgan fingerprint density at radius 3 is 2.38 bits per heavy atom. The number of carbonyl (C=O) groups excluding carboxylic acids is 1. The van der Waals surface area contributed by atoms with E-state index in [0.29, 0.717) is 0 Å². The number of aromatic nitrogens is 1. The number of hydrogen-bond donors (Lipinski definition) is 3. The van der Waals surface area contributed by atoms with Gasteiger partial charge in [-0.3, -0.25) is 4.79 Å². The molecule has 0 saturated carbocycles. The number of aromatic carboxylic acids is 1. The van der Waals surface area contributed by atoms with E-state index in [0.717, 1.165) is 11.3 Å². The molecule has 0 bridgehead atoms. The maximum Gasteiger partial charge on any atom is 0.343 e. The van der Waals surface area contributed by atoms with E-state index >= 15 is 0 Å². The largest absolute Gasteiger partial charge is 0.494 e. The number of nitrogens with zero attached hydrogens (tertiary/aromatic N) is 1. The molecule has 3 rings (SSSR count). The minimum Gasteiger partial charge on any atom is -0.494 e. The minimum absolute atomic E-state index is 0.00650. The second kappa shape index (κ2) is 9.79. The highest BCUT2D eigenvalue weighted by Crippen LogP contribution is 2.43. The maximum atomic E-state index is 13.0. The number of ether oxygens (including phenoxy) is 3. The Morgan fingerprint density at radius 1 is 1.18 bits per heavy atom. The Bertz CT molecular complexity index is 1370. The second-order valence-electron chi connectivity index (χ2n) is 6.46. The number of hydrogen-bond acceptors (Lipinski definition) is 10. The average Bonchev–Trinajstić information content (AvgIpc) is 3.41. The fourth-order valence-corrected chi connectivity index (χ4v) is 5.42. The Kier molecular flexibility index (Phi) is 7.24. The zero-order valence-electron chi connectivity index (χ0n) is 18.1. The fourth-order valence-electron chi connectivity index (χ4n) is 2.93. The van der Waals surface area contributed by atoms with E-state index in [4.69, 9.17) is 30.3 Å². The van der Waals surface area contributed by atoms with Crippen molar-refractivity contribution in [3.63, 3.8) is 0 Å². The normalized spacial score (nSPS) is 11.1. The minimum atomic E-state index is -4.30. The van der Waals surface area contributed by atoms with Crippen molar-refractivity contribution >= 4 is 56.4 Å². The molecular weight excluding hydrogens is 514 g/mol. The summed E-state index contributed by atoms with van der Waals surface area (Å²) in [6.45, 7) is 1.52. The molecule has 0 saturated heterocycles. The molecule has 0 aliphatic heterocycles. The number of carboxylic acids is 1. The van der Waals surface area contributed by atoms with Crippen LogP contribution in [0.3, 0.4) is 0 Å². The summed E-state index contributed by atoms with van der Waals surface area (Å²) in [4.78, 5) is 24.3. The van der Waals surface area contributed by atoms with Gasteiger partial charge >= 0.3 is 5.97 Å². The number of carbonyl (C=O) groups is 2. The highest BCUT2D eigenvalue weighted by Gasteiger charge is 2.30. The predicted octanol–water partition coefficient (Wildman–Crippen LogP) is 3.48. The first-order chi connectivity index (χ1) is 16.0.